The van der Waals surface area contributed by atoms with E-state index in [4.69, 9.17) is 5.73 Å². The van der Waals surface area contributed by atoms with Gasteiger partial charge < -0.3 is 5.73 Å². The Morgan fingerprint density at radius 1 is 1.40 bits per heavy atom. The third-order valence-corrected chi connectivity index (χ3v) is 5.78. The Morgan fingerprint density at radius 2 is 2.13 bits per heavy atom. The third kappa shape index (κ3) is 1.81. The number of fused-ring (bicyclic) bond motifs is 1. The standard InChI is InChI=1S/C10H20N2O2S/c1-2-15(13,14)12-8-7-10(11)6-4-3-5-9(10)12/h9H,2-8,11H2,1H3. The van der Waals surface area contributed by atoms with Crippen LogP contribution >= 0.6 is 0 Å². The van der Waals surface area contributed by atoms with E-state index in [0.29, 0.717) is 6.54 Å². The summed E-state index contributed by atoms with van der Waals surface area (Å²) in [5.74, 6) is 0.194. The predicted octanol–water partition coefficient (Wildman–Crippen LogP) is 0.682. The summed E-state index contributed by atoms with van der Waals surface area (Å²) in [5.41, 5.74) is 6.06. The molecule has 15 heavy (non-hydrogen) atoms. The molecule has 0 radical (unpaired) electrons. The molecule has 2 N–H and O–H groups in total. The number of nitrogens with zero attached hydrogens (tertiary/aromatic N) is 1. The van der Waals surface area contributed by atoms with Crippen LogP contribution in [0.1, 0.15) is 39.0 Å². The van der Waals surface area contributed by atoms with Crippen molar-refractivity contribution in [2.24, 2.45) is 5.73 Å². The van der Waals surface area contributed by atoms with Gasteiger partial charge in [0, 0.05) is 18.1 Å². The molecule has 0 spiro atoms. The highest BCUT2D eigenvalue weighted by atomic mass is 32.2. The van der Waals surface area contributed by atoms with Crippen LogP contribution in [0.15, 0.2) is 0 Å². The van der Waals surface area contributed by atoms with Crippen LogP contribution < -0.4 is 5.73 Å². The molecule has 0 amide bonds. The molecule has 2 fully saturated rings. The fraction of sp³-hybridized carbons (Fsp3) is 1.00. The summed E-state index contributed by atoms with van der Waals surface area (Å²) < 4.78 is 25.4. The maximum absolute atomic E-state index is 11.9. The molecule has 4 nitrogen and oxygen atoms in total. The second kappa shape index (κ2) is 3.71. The lowest BCUT2D eigenvalue weighted by Crippen LogP contribution is -2.54. The van der Waals surface area contributed by atoms with Crippen LogP contribution in [-0.2, 0) is 10.0 Å². The van der Waals surface area contributed by atoms with Crippen molar-refractivity contribution < 1.29 is 8.42 Å². The molecular weight excluding hydrogens is 212 g/mol. The second-order valence-electron chi connectivity index (χ2n) is 4.76. The summed E-state index contributed by atoms with van der Waals surface area (Å²) in [6.45, 7) is 2.33. The van der Waals surface area contributed by atoms with E-state index in [-0.39, 0.29) is 17.3 Å². The SMILES string of the molecule is CCS(=O)(=O)N1CCC2(N)CCCCC12. The summed E-state index contributed by atoms with van der Waals surface area (Å²) >= 11 is 0. The molecule has 1 aliphatic heterocycles. The first kappa shape index (κ1) is 11.4. The topological polar surface area (TPSA) is 63.4 Å². The Balaban J connectivity index is 2.24. The van der Waals surface area contributed by atoms with Crippen LogP contribution in [0.25, 0.3) is 0 Å². The number of sulfonamides is 1. The average Bonchev–Trinajstić information content (AvgIpc) is 2.56. The largest absolute Gasteiger partial charge is 0.324 e. The van der Waals surface area contributed by atoms with Gasteiger partial charge in [0.05, 0.1) is 5.75 Å². The molecule has 1 saturated heterocycles. The van der Waals surface area contributed by atoms with Gasteiger partial charge >= 0.3 is 0 Å². The van der Waals surface area contributed by atoms with E-state index >= 15 is 0 Å². The van der Waals surface area contributed by atoms with Crippen LogP contribution in [0.4, 0.5) is 0 Å². The van der Waals surface area contributed by atoms with Crippen molar-refractivity contribution in [2.45, 2.75) is 50.6 Å². The van der Waals surface area contributed by atoms with Crippen LogP contribution in [-0.4, -0.2) is 36.6 Å². The van der Waals surface area contributed by atoms with Gasteiger partial charge in [0.2, 0.25) is 10.0 Å². The van der Waals surface area contributed by atoms with E-state index in [1.807, 2.05) is 0 Å². The molecule has 2 unspecified atom stereocenters. The maximum atomic E-state index is 11.9. The zero-order chi connectivity index (χ0) is 11.1. The summed E-state index contributed by atoms with van der Waals surface area (Å²) in [4.78, 5) is 0. The number of hydrogen-bond acceptors (Lipinski definition) is 3. The van der Waals surface area contributed by atoms with Gasteiger partial charge in [0.1, 0.15) is 0 Å². The Bertz CT molecular complexity index is 341. The molecule has 1 saturated carbocycles. The third-order valence-electron chi connectivity index (χ3n) is 3.90. The summed E-state index contributed by atoms with van der Waals surface area (Å²) in [5, 5.41) is 0. The summed E-state index contributed by atoms with van der Waals surface area (Å²) in [6.07, 6.45) is 5.01. The zero-order valence-electron chi connectivity index (χ0n) is 9.28. The fourth-order valence-electron chi connectivity index (χ4n) is 2.94. The smallest absolute Gasteiger partial charge is 0.214 e. The van der Waals surface area contributed by atoms with E-state index in [1.165, 1.54) is 0 Å². The van der Waals surface area contributed by atoms with Crippen molar-refractivity contribution in [2.75, 3.05) is 12.3 Å². The molecule has 2 atom stereocenters. The molecule has 0 bridgehead atoms. The molecule has 0 aromatic carbocycles. The molecule has 1 heterocycles. The van der Waals surface area contributed by atoms with Crippen LogP contribution in [0.3, 0.4) is 0 Å². The molecule has 2 rings (SSSR count). The number of hydrogen-bond donors (Lipinski definition) is 1. The van der Waals surface area contributed by atoms with Crippen LogP contribution in [0.5, 0.6) is 0 Å². The van der Waals surface area contributed by atoms with Crippen molar-refractivity contribution in [3.05, 3.63) is 0 Å². The van der Waals surface area contributed by atoms with Crippen molar-refractivity contribution in [3.8, 4) is 0 Å². The van der Waals surface area contributed by atoms with E-state index in [2.05, 4.69) is 0 Å². The molecule has 0 aromatic rings. The van der Waals surface area contributed by atoms with Crippen LogP contribution in [0, 0.1) is 0 Å². The van der Waals surface area contributed by atoms with Crippen LogP contribution in [0.2, 0.25) is 0 Å². The molecule has 5 heteroatoms. The first-order valence-corrected chi connectivity index (χ1v) is 7.39. The second-order valence-corrected chi connectivity index (χ2v) is 6.97. The van der Waals surface area contributed by atoms with Gasteiger partial charge in [-0.3, -0.25) is 0 Å². The Labute approximate surface area is 91.9 Å². The van der Waals surface area contributed by atoms with Gasteiger partial charge in [0.15, 0.2) is 0 Å². The van der Waals surface area contributed by atoms with Crippen molar-refractivity contribution in [1.82, 2.24) is 4.31 Å². The van der Waals surface area contributed by atoms with E-state index in [9.17, 15) is 8.42 Å². The quantitative estimate of drug-likeness (QED) is 0.761. The Kier molecular flexibility index (Phi) is 2.81. The van der Waals surface area contributed by atoms with Gasteiger partial charge in [-0.05, 0) is 26.2 Å². The highest BCUT2D eigenvalue weighted by Crippen LogP contribution is 2.39. The van der Waals surface area contributed by atoms with Crippen molar-refractivity contribution >= 4 is 10.0 Å². The lowest BCUT2D eigenvalue weighted by atomic mass is 9.79. The minimum absolute atomic E-state index is 0.0659. The van der Waals surface area contributed by atoms with Gasteiger partial charge in [0.25, 0.3) is 0 Å². The highest BCUT2D eigenvalue weighted by molar-refractivity contribution is 7.89. The Morgan fingerprint density at radius 3 is 2.80 bits per heavy atom. The average molecular weight is 232 g/mol. The molecule has 0 aromatic heterocycles. The monoisotopic (exact) mass is 232 g/mol. The first-order valence-electron chi connectivity index (χ1n) is 5.78. The van der Waals surface area contributed by atoms with Gasteiger partial charge in [-0.25, -0.2) is 8.42 Å². The molecule has 88 valence electrons. The molecule has 1 aliphatic carbocycles. The van der Waals surface area contributed by atoms with Gasteiger partial charge in [-0.1, -0.05) is 12.8 Å². The minimum Gasteiger partial charge on any atom is -0.324 e. The molecular formula is C10H20N2O2S. The first-order chi connectivity index (χ1) is 6.99. The minimum atomic E-state index is -3.05. The fourth-order valence-corrected chi connectivity index (χ4v) is 4.35. The maximum Gasteiger partial charge on any atom is 0.214 e. The zero-order valence-corrected chi connectivity index (χ0v) is 10.1. The summed E-state index contributed by atoms with van der Waals surface area (Å²) in [6, 6.07) is 0.0659. The normalized spacial score (nSPS) is 37.9. The Hall–Kier alpha value is -0.130. The lowest BCUT2D eigenvalue weighted by molar-refractivity contribution is 0.222. The van der Waals surface area contributed by atoms with Gasteiger partial charge in [-0.2, -0.15) is 4.31 Å². The summed E-state index contributed by atoms with van der Waals surface area (Å²) in [7, 11) is -3.05. The highest BCUT2D eigenvalue weighted by Gasteiger charge is 2.49. The molecule has 2 aliphatic rings. The van der Waals surface area contributed by atoms with E-state index < -0.39 is 10.0 Å². The lowest BCUT2D eigenvalue weighted by Gasteiger charge is -2.38. The van der Waals surface area contributed by atoms with E-state index in [1.54, 1.807) is 11.2 Å². The predicted molar refractivity (Wildman–Crippen MR) is 60.0 cm³/mol. The van der Waals surface area contributed by atoms with E-state index in [0.717, 1.165) is 32.1 Å². The van der Waals surface area contributed by atoms with Crippen molar-refractivity contribution in [3.63, 3.8) is 0 Å². The number of rotatable bonds is 2. The number of nitrogens with two attached hydrogens (primary N) is 1. The van der Waals surface area contributed by atoms with Crippen molar-refractivity contribution in [1.29, 1.82) is 0 Å². The van der Waals surface area contributed by atoms with Gasteiger partial charge in [-0.15, -0.1) is 0 Å².